The Kier molecular flexibility index (Phi) is 5.58. The summed E-state index contributed by atoms with van der Waals surface area (Å²) in [5.74, 6) is 1.98. The van der Waals surface area contributed by atoms with E-state index >= 15 is 0 Å². The van der Waals surface area contributed by atoms with Crippen LogP contribution in [0, 0.1) is 0 Å². The van der Waals surface area contributed by atoms with E-state index in [1.54, 1.807) is 6.26 Å². The molecule has 1 aliphatic carbocycles. The van der Waals surface area contributed by atoms with E-state index < -0.39 is 0 Å². The van der Waals surface area contributed by atoms with Crippen molar-refractivity contribution in [3.63, 3.8) is 0 Å². The predicted octanol–water partition coefficient (Wildman–Crippen LogP) is 3.74. The number of hydrogen-bond donors (Lipinski definition) is 1. The second kappa shape index (κ2) is 8.43. The lowest BCUT2D eigenvalue weighted by atomic mass is 10.2. The maximum absolute atomic E-state index is 12.3. The molecule has 27 heavy (non-hydrogen) atoms. The zero-order valence-corrected chi connectivity index (χ0v) is 15.8. The number of rotatable bonds is 7. The van der Waals surface area contributed by atoms with Crippen LogP contribution in [0.15, 0.2) is 58.3 Å². The molecule has 0 saturated heterocycles. The Morgan fingerprint density at radius 1 is 1.15 bits per heavy atom. The van der Waals surface area contributed by atoms with E-state index in [4.69, 9.17) is 4.42 Å². The number of nitrogens with zero attached hydrogens (tertiary/aromatic N) is 3. The van der Waals surface area contributed by atoms with Gasteiger partial charge in [-0.15, -0.1) is 10.2 Å². The molecule has 1 aliphatic rings. The van der Waals surface area contributed by atoms with Gasteiger partial charge >= 0.3 is 0 Å². The number of nitrogens with one attached hydrogen (secondary N) is 1. The van der Waals surface area contributed by atoms with Crippen LogP contribution in [-0.2, 0) is 11.3 Å². The highest BCUT2D eigenvalue weighted by Crippen LogP contribution is 2.25. The molecule has 0 aliphatic heterocycles. The minimum Gasteiger partial charge on any atom is -0.467 e. The number of aromatic nitrogens is 3. The SMILES string of the molecule is O=C(CSc1nnc(-c2ccccc2)n1Cc1ccco1)NC1CCCC1. The first-order valence-corrected chi connectivity index (χ1v) is 10.2. The second-order valence-corrected chi connectivity index (χ2v) is 7.62. The molecule has 1 saturated carbocycles. The standard InChI is InChI=1S/C20H22N4O2S/c25-18(21-16-9-4-5-10-16)14-27-20-23-22-19(15-7-2-1-3-8-15)24(20)13-17-11-6-12-26-17/h1-3,6-8,11-12,16H,4-5,9-10,13-14H2,(H,21,25). The average Bonchev–Trinajstić information content (AvgIpc) is 3.44. The van der Waals surface area contributed by atoms with E-state index in [0.717, 1.165) is 30.0 Å². The fraction of sp³-hybridized carbons (Fsp3) is 0.350. The molecule has 1 amide bonds. The normalized spacial score (nSPS) is 14.5. The van der Waals surface area contributed by atoms with Crippen molar-refractivity contribution in [3.8, 4) is 11.4 Å². The topological polar surface area (TPSA) is 73.0 Å². The minimum absolute atomic E-state index is 0.0562. The Bertz CT molecular complexity index is 871. The Hall–Kier alpha value is -2.54. The van der Waals surface area contributed by atoms with E-state index in [-0.39, 0.29) is 5.91 Å². The van der Waals surface area contributed by atoms with Crippen LogP contribution in [-0.4, -0.2) is 32.5 Å². The number of carbonyl (C=O) groups is 1. The van der Waals surface area contributed by atoms with Crippen LogP contribution >= 0.6 is 11.8 Å². The Morgan fingerprint density at radius 3 is 2.70 bits per heavy atom. The molecular formula is C20H22N4O2S. The predicted molar refractivity (Wildman–Crippen MR) is 104 cm³/mol. The smallest absolute Gasteiger partial charge is 0.230 e. The number of benzene rings is 1. The maximum Gasteiger partial charge on any atom is 0.230 e. The van der Waals surface area contributed by atoms with Crippen molar-refractivity contribution in [2.45, 2.75) is 43.4 Å². The van der Waals surface area contributed by atoms with Crippen LogP contribution < -0.4 is 5.32 Å². The maximum atomic E-state index is 12.3. The van der Waals surface area contributed by atoms with Crippen molar-refractivity contribution in [3.05, 3.63) is 54.5 Å². The van der Waals surface area contributed by atoms with E-state index in [2.05, 4.69) is 15.5 Å². The first kappa shape index (κ1) is 17.9. The molecule has 2 heterocycles. The highest BCUT2D eigenvalue weighted by atomic mass is 32.2. The third-order valence-electron chi connectivity index (χ3n) is 4.70. The largest absolute Gasteiger partial charge is 0.467 e. The van der Waals surface area contributed by atoms with Crippen LogP contribution in [0.2, 0.25) is 0 Å². The van der Waals surface area contributed by atoms with Gasteiger partial charge in [-0.3, -0.25) is 9.36 Å². The van der Waals surface area contributed by atoms with Crippen molar-refractivity contribution in [2.24, 2.45) is 0 Å². The number of hydrogen-bond acceptors (Lipinski definition) is 5. The summed E-state index contributed by atoms with van der Waals surface area (Å²) in [5, 5.41) is 12.5. The van der Waals surface area contributed by atoms with Gasteiger partial charge in [0.25, 0.3) is 0 Å². The summed E-state index contributed by atoms with van der Waals surface area (Å²) in [6.45, 7) is 0.525. The average molecular weight is 382 g/mol. The van der Waals surface area contributed by atoms with Crippen LogP contribution in [0.25, 0.3) is 11.4 Å². The number of furan rings is 1. The summed E-state index contributed by atoms with van der Waals surface area (Å²) in [4.78, 5) is 12.3. The lowest BCUT2D eigenvalue weighted by molar-refractivity contribution is -0.119. The van der Waals surface area contributed by atoms with Crippen molar-refractivity contribution in [1.82, 2.24) is 20.1 Å². The van der Waals surface area contributed by atoms with E-state index in [1.165, 1.54) is 24.6 Å². The minimum atomic E-state index is 0.0562. The molecule has 1 aromatic carbocycles. The molecule has 6 nitrogen and oxygen atoms in total. The molecule has 7 heteroatoms. The molecule has 1 fully saturated rings. The van der Waals surface area contributed by atoms with E-state index in [0.29, 0.717) is 23.5 Å². The summed E-state index contributed by atoms with van der Waals surface area (Å²) in [5.41, 5.74) is 0.985. The number of thioether (sulfide) groups is 1. The van der Waals surface area contributed by atoms with Crippen LogP contribution in [0.1, 0.15) is 31.4 Å². The van der Waals surface area contributed by atoms with Gasteiger partial charge in [-0.1, -0.05) is 54.9 Å². The lowest BCUT2D eigenvalue weighted by Gasteiger charge is -2.12. The summed E-state index contributed by atoms with van der Waals surface area (Å²) in [7, 11) is 0. The molecule has 3 aromatic rings. The summed E-state index contributed by atoms with van der Waals surface area (Å²) < 4.78 is 7.50. The Balaban J connectivity index is 1.51. The van der Waals surface area contributed by atoms with E-state index in [9.17, 15) is 4.79 Å². The second-order valence-electron chi connectivity index (χ2n) is 6.68. The quantitative estimate of drug-likeness (QED) is 0.630. The fourth-order valence-electron chi connectivity index (χ4n) is 3.37. The van der Waals surface area contributed by atoms with Crippen molar-refractivity contribution in [1.29, 1.82) is 0 Å². The number of carbonyl (C=O) groups excluding carboxylic acids is 1. The highest BCUT2D eigenvalue weighted by Gasteiger charge is 2.19. The Morgan fingerprint density at radius 2 is 1.96 bits per heavy atom. The highest BCUT2D eigenvalue weighted by molar-refractivity contribution is 7.99. The molecule has 0 bridgehead atoms. The van der Waals surface area contributed by atoms with Gasteiger partial charge in [-0.25, -0.2) is 0 Å². The summed E-state index contributed by atoms with van der Waals surface area (Å²) in [6.07, 6.45) is 6.24. The molecule has 1 N–H and O–H groups in total. The lowest BCUT2D eigenvalue weighted by Crippen LogP contribution is -2.33. The molecule has 0 unspecified atom stereocenters. The van der Waals surface area contributed by atoms with E-state index in [1.807, 2.05) is 47.0 Å². The van der Waals surface area contributed by atoms with Crippen molar-refractivity contribution >= 4 is 17.7 Å². The molecule has 0 atom stereocenters. The Labute approximate surface area is 162 Å². The van der Waals surface area contributed by atoms with Gasteiger partial charge in [0.1, 0.15) is 5.76 Å². The van der Waals surface area contributed by atoms with Gasteiger partial charge < -0.3 is 9.73 Å². The number of amides is 1. The monoisotopic (exact) mass is 382 g/mol. The van der Waals surface area contributed by atoms with Gasteiger partial charge in [0.2, 0.25) is 5.91 Å². The van der Waals surface area contributed by atoms with Gasteiger partial charge in [-0.05, 0) is 25.0 Å². The van der Waals surface area contributed by atoms with Crippen LogP contribution in [0.3, 0.4) is 0 Å². The fourth-order valence-corrected chi connectivity index (χ4v) is 4.12. The van der Waals surface area contributed by atoms with Gasteiger partial charge in [0, 0.05) is 11.6 Å². The first-order valence-electron chi connectivity index (χ1n) is 9.23. The molecule has 0 spiro atoms. The summed E-state index contributed by atoms with van der Waals surface area (Å²) >= 11 is 1.41. The third kappa shape index (κ3) is 4.42. The van der Waals surface area contributed by atoms with Crippen molar-refractivity contribution in [2.75, 3.05) is 5.75 Å². The molecule has 0 radical (unpaired) electrons. The zero-order chi connectivity index (χ0) is 18.5. The van der Waals surface area contributed by atoms with Crippen LogP contribution in [0.5, 0.6) is 0 Å². The summed E-state index contributed by atoms with van der Waals surface area (Å²) in [6, 6.07) is 14.1. The van der Waals surface area contributed by atoms with Crippen molar-refractivity contribution < 1.29 is 9.21 Å². The van der Waals surface area contributed by atoms with Crippen LogP contribution in [0.4, 0.5) is 0 Å². The molecular weight excluding hydrogens is 360 g/mol. The zero-order valence-electron chi connectivity index (χ0n) is 15.0. The first-order chi connectivity index (χ1) is 13.3. The van der Waals surface area contributed by atoms with Gasteiger partial charge in [0.05, 0.1) is 18.6 Å². The molecule has 4 rings (SSSR count). The van der Waals surface area contributed by atoms with Gasteiger partial charge in [0.15, 0.2) is 11.0 Å². The molecule has 2 aromatic heterocycles. The molecule has 140 valence electrons. The van der Waals surface area contributed by atoms with Gasteiger partial charge in [-0.2, -0.15) is 0 Å². The third-order valence-corrected chi connectivity index (χ3v) is 5.66.